The lowest BCUT2D eigenvalue weighted by molar-refractivity contribution is -0.124. The third-order valence-electron chi connectivity index (χ3n) is 2.42. The van der Waals surface area contributed by atoms with Crippen LogP contribution in [0.15, 0.2) is 0 Å². The topological polar surface area (TPSA) is 29.1 Å². The Morgan fingerprint density at radius 2 is 2.30 bits per heavy atom. The summed E-state index contributed by atoms with van der Waals surface area (Å²) in [4.78, 5) is 11.1. The third-order valence-corrected chi connectivity index (χ3v) is 2.42. The number of carbonyl (C=O) groups excluding carboxylic acids is 1. The summed E-state index contributed by atoms with van der Waals surface area (Å²) in [5.74, 6) is 0.657. The molecule has 0 aromatic carbocycles. The van der Waals surface area contributed by atoms with Gasteiger partial charge in [-0.3, -0.25) is 4.79 Å². The van der Waals surface area contributed by atoms with E-state index in [1.807, 2.05) is 14.0 Å². The zero-order valence-corrected chi connectivity index (χ0v) is 6.68. The van der Waals surface area contributed by atoms with Crippen molar-refractivity contribution < 1.29 is 4.79 Å². The molecule has 1 aliphatic rings. The molecule has 1 rings (SSSR count). The number of carbonyl (C=O) groups is 1. The molecule has 1 N–H and O–H groups in total. The van der Waals surface area contributed by atoms with Crippen LogP contribution < -0.4 is 5.32 Å². The van der Waals surface area contributed by atoms with Crippen LogP contribution in [0.25, 0.3) is 0 Å². The average molecular weight is 141 g/mol. The molecule has 58 valence electrons. The Hall–Kier alpha value is -0.370. The van der Waals surface area contributed by atoms with E-state index < -0.39 is 0 Å². The maximum Gasteiger partial charge on any atom is 0.137 e. The fraction of sp³-hybridized carbons (Fsp3) is 0.875. The molecular formula is C8H15NO. The van der Waals surface area contributed by atoms with Crippen LogP contribution in [-0.2, 0) is 4.79 Å². The lowest BCUT2D eigenvalue weighted by Gasteiger charge is -2.26. The van der Waals surface area contributed by atoms with E-state index in [0.29, 0.717) is 11.8 Å². The van der Waals surface area contributed by atoms with Gasteiger partial charge in [0.05, 0.1) is 0 Å². The van der Waals surface area contributed by atoms with Crippen LogP contribution in [0.3, 0.4) is 0 Å². The van der Waals surface area contributed by atoms with Crippen LogP contribution >= 0.6 is 0 Å². The van der Waals surface area contributed by atoms with E-state index in [4.69, 9.17) is 0 Å². The van der Waals surface area contributed by atoms with Crippen molar-refractivity contribution in [3.8, 4) is 0 Å². The minimum absolute atomic E-state index is 0.235. The van der Waals surface area contributed by atoms with Gasteiger partial charge in [-0.05, 0) is 19.9 Å². The van der Waals surface area contributed by atoms with Gasteiger partial charge >= 0.3 is 0 Å². The van der Waals surface area contributed by atoms with Gasteiger partial charge in [-0.1, -0.05) is 6.92 Å². The lowest BCUT2D eigenvalue weighted by Crippen LogP contribution is -2.39. The molecule has 1 saturated carbocycles. The minimum atomic E-state index is 0.235. The summed E-state index contributed by atoms with van der Waals surface area (Å²) in [7, 11) is 1.93. The number of hydrogen-bond donors (Lipinski definition) is 1. The molecule has 2 atom stereocenters. The molecule has 1 fully saturated rings. The first-order valence-electron chi connectivity index (χ1n) is 3.95. The van der Waals surface area contributed by atoms with Gasteiger partial charge in [-0.2, -0.15) is 0 Å². The summed E-state index contributed by atoms with van der Waals surface area (Å²) in [6, 6.07) is 0.432. The van der Waals surface area contributed by atoms with E-state index in [2.05, 4.69) is 5.32 Å². The van der Waals surface area contributed by atoms with Gasteiger partial charge in [0.1, 0.15) is 5.78 Å². The molecule has 0 amide bonds. The van der Waals surface area contributed by atoms with Gasteiger partial charge in [0.15, 0.2) is 0 Å². The van der Waals surface area contributed by atoms with Gasteiger partial charge in [-0.15, -0.1) is 0 Å². The van der Waals surface area contributed by atoms with Crippen molar-refractivity contribution in [2.75, 3.05) is 7.05 Å². The predicted molar refractivity (Wildman–Crippen MR) is 40.9 cm³/mol. The first-order chi connectivity index (χ1) is 4.75. The molecule has 2 unspecified atom stereocenters. The summed E-state index contributed by atoms with van der Waals surface area (Å²) in [5, 5.41) is 3.16. The van der Waals surface area contributed by atoms with Crippen molar-refractivity contribution in [1.29, 1.82) is 0 Å². The second-order valence-corrected chi connectivity index (χ2v) is 3.04. The van der Waals surface area contributed by atoms with E-state index >= 15 is 0 Å². The van der Waals surface area contributed by atoms with Crippen LogP contribution in [0.4, 0.5) is 0 Å². The number of nitrogens with one attached hydrogen (secondary N) is 1. The zero-order chi connectivity index (χ0) is 7.56. The number of hydrogen-bond acceptors (Lipinski definition) is 2. The van der Waals surface area contributed by atoms with Crippen molar-refractivity contribution in [2.24, 2.45) is 5.92 Å². The number of Topliss-reactive ketones (excluding diaryl/α,β-unsaturated/α-hetero) is 1. The third kappa shape index (κ3) is 1.37. The molecule has 0 saturated heterocycles. The maximum atomic E-state index is 11.1. The number of rotatable bonds is 1. The van der Waals surface area contributed by atoms with Crippen molar-refractivity contribution in [3.05, 3.63) is 0 Å². The van der Waals surface area contributed by atoms with Crippen molar-refractivity contribution in [2.45, 2.75) is 32.2 Å². The first-order valence-corrected chi connectivity index (χ1v) is 3.95. The average Bonchev–Trinajstić information content (AvgIpc) is 1.95. The number of ketones is 1. The van der Waals surface area contributed by atoms with E-state index in [0.717, 1.165) is 19.3 Å². The molecular weight excluding hydrogens is 126 g/mol. The molecule has 0 aromatic heterocycles. The second kappa shape index (κ2) is 3.15. The normalized spacial score (nSPS) is 34.4. The molecule has 0 aromatic rings. The molecule has 0 bridgehead atoms. The molecule has 0 heterocycles. The van der Waals surface area contributed by atoms with Crippen molar-refractivity contribution >= 4 is 5.78 Å². The smallest absolute Gasteiger partial charge is 0.137 e. The Morgan fingerprint density at radius 3 is 2.80 bits per heavy atom. The van der Waals surface area contributed by atoms with E-state index in [1.54, 1.807) is 0 Å². The highest BCUT2D eigenvalue weighted by molar-refractivity contribution is 5.82. The van der Waals surface area contributed by atoms with Crippen LogP contribution in [0.2, 0.25) is 0 Å². The van der Waals surface area contributed by atoms with Gasteiger partial charge in [0.25, 0.3) is 0 Å². The Kier molecular flexibility index (Phi) is 2.44. The summed E-state index contributed by atoms with van der Waals surface area (Å²) >= 11 is 0. The van der Waals surface area contributed by atoms with Crippen LogP contribution in [-0.4, -0.2) is 18.9 Å². The monoisotopic (exact) mass is 141 g/mol. The Labute approximate surface area is 62.0 Å². The Morgan fingerprint density at radius 1 is 1.60 bits per heavy atom. The predicted octanol–water partition coefficient (Wildman–Crippen LogP) is 0.964. The molecule has 0 aliphatic heterocycles. The fourth-order valence-electron chi connectivity index (χ4n) is 1.59. The fourth-order valence-corrected chi connectivity index (χ4v) is 1.59. The highest BCUT2D eigenvalue weighted by Crippen LogP contribution is 2.19. The summed E-state index contributed by atoms with van der Waals surface area (Å²) in [6.45, 7) is 2.02. The molecule has 2 heteroatoms. The van der Waals surface area contributed by atoms with E-state index in [-0.39, 0.29) is 5.92 Å². The summed E-state index contributed by atoms with van der Waals surface area (Å²) < 4.78 is 0. The van der Waals surface area contributed by atoms with Crippen molar-refractivity contribution in [1.82, 2.24) is 5.32 Å². The lowest BCUT2D eigenvalue weighted by atomic mass is 9.85. The SMILES string of the molecule is CNC1CCCC(=O)C1C. The summed E-state index contributed by atoms with van der Waals surface area (Å²) in [5.41, 5.74) is 0. The van der Waals surface area contributed by atoms with Gasteiger partial charge < -0.3 is 5.32 Å². The minimum Gasteiger partial charge on any atom is -0.316 e. The maximum absolute atomic E-state index is 11.1. The van der Waals surface area contributed by atoms with E-state index in [9.17, 15) is 4.79 Å². The van der Waals surface area contributed by atoms with Crippen LogP contribution in [0, 0.1) is 5.92 Å². The largest absolute Gasteiger partial charge is 0.316 e. The molecule has 0 radical (unpaired) electrons. The quantitative estimate of drug-likeness (QED) is 0.589. The molecule has 2 nitrogen and oxygen atoms in total. The van der Waals surface area contributed by atoms with Crippen molar-refractivity contribution in [3.63, 3.8) is 0 Å². The molecule has 1 aliphatic carbocycles. The first kappa shape index (κ1) is 7.73. The summed E-state index contributed by atoms with van der Waals surface area (Å²) in [6.07, 6.45) is 3.01. The highest BCUT2D eigenvalue weighted by atomic mass is 16.1. The van der Waals surface area contributed by atoms with Gasteiger partial charge in [-0.25, -0.2) is 0 Å². The van der Waals surface area contributed by atoms with E-state index in [1.165, 1.54) is 0 Å². The highest BCUT2D eigenvalue weighted by Gasteiger charge is 2.26. The zero-order valence-electron chi connectivity index (χ0n) is 6.68. The van der Waals surface area contributed by atoms with Crippen LogP contribution in [0.1, 0.15) is 26.2 Å². The Balaban J connectivity index is 2.51. The second-order valence-electron chi connectivity index (χ2n) is 3.04. The molecule has 0 spiro atoms. The Bertz CT molecular complexity index is 133. The van der Waals surface area contributed by atoms with Crippen LogP contribution in [0.5, 0.6) is 0 Å². The molecule has 10 heavy (non-hydrogen) atoms. The van der Waals surface area contributed by atoms with Gasteiger partial charge in [0, 0.05) is 18.4 Å². The standard InChI is InChI=1S/C8H15NO/c1-6-7(9-2)4-3-5-8(6)10/h6-7,9H,3-5H2,1-2H3. The van der Waals surface area contributed by atoms with Gasteiger partial charge in [0.2, 0.25) is 0 Å².